The predicted octanol–water partition coefficient (Wildman–Crippen LogP) is 3.50. The summed E-state index contributed by atoms with van der Waals surface area (Å²) >= 11 is 0. The van der Waals surface area contributed by atoms with Gasteiger partial charge in [0.2, 0.25) is 15.8 Å². The van der Waals surface area contributed by atoms with E-state index in [0.717, 1.165) is 50.1 Å². The first-order valence-corrected chi connectivity index (χ1v) is 13.3. The molecular weight excluding hydrogens is 456 g/mol. The molecule has 2 aliphatic rings. The van der Waals surface area contributed by atoms with Crippen molar-refractivity contribution in [2.24, 2.45) is 0 Å². The topological polar surface area (TPSA) is 94.9 Å². The molecule has 184 valence electrons. The third-order valence-corrected chi connectivity index (χ3v) is 8.57. The second kappa shape index (κ2) is 10.4. The molecule has 1 atom stereocenters. The molecule has 0 radical (unpaired) electrons. The number of rotatable bonds is 8. The highest BCUT2D eigenvalue weighted by Gasteiger charge is 2.26. The maximum Gasteiger partial charge on any atom is 0.338 e. The highest BCUT2D eigenvalue weighted by atomic mass is 32.2. The quantitative estimate of drug-likeness (QED) is 0.417. The molecule has 1 aromatic carbocycles. The van der Waals surface area contributed by atoms with Crippen molar-refractivity contribution in [3.63, 3.8) is 0 Å². The SMILES string of the molecule is Cc1cc(C(=O)COC(=O)c2ccc(S(=O)(=O)N3CCCCC3)cc2)c(C)n1C[C@@H]1CCCO1. The normalized spacial score (nSPS) is 19.3. The number of aryl methyl sites for hydroxylation is 1. The first-order chi connectivity index (χ1) is 16.3. The Balaban J connectivity index is 1.36. The zero-order valence-electron chi connectivity index (χ0n) is 19.8. The van der Waals surface area contributed by atoms with Gasteiger partial charge in [0.05, 0.1) is 16.6 Å². The third-order valence-electron chi connectivity index (χ3n) is 6.66. The first-order valence-electron chi connectivity index (χ1n) is 11.9. The molecule has 0 aliphatic carbocycles. The van der Waals surface area contributed by atoms with Gasteiger partial charge >= 0.3 is 5.97 Å². The number of piperidine rings is 1. The molecule has 0 saturated carbocycles. The number of aromatic nitrogens is 1. The van der Waals surface area contributed by atoms with Gasteiger partial charge in [-0.2, -0.15) is 4.31 Å². The number of benzene rings is 1. The fraction of sp³-hybridized carbons (Fsp3) is 0.520. The van der Waals surface area contributed by atoms with Crippen LogP contribution in [0.4, 0.5) is 0 Å². The van der Waals surface area contributed by atoms with Crippen LogP contribution in [-0.2, 0) is 26.0 Å². The average molecular weight is 489 g/mol. The zero-order chi connectivity index (χ0) is 24.3. The van der Waals surface area contributed by atoms with Crippen LogP contribution in [0.3, 0.4) is 0 Å². The summed E-state index contributed by atoms with van der Waals surface area (Å²) in [5.74, 6) is -0.937. The number of hydrogen-bond donors (Lipinski definition) is 0. The van der Waals surface area contributed by atoms with Gasteiger partial charge in [-0.1, -0.05) is 6.42 Å². The molecule has 4 rings (SSSR count). The maximum atomic E-state index is 12.8. The smallest absolute Gasteiger partial charge is 0.338 e. The summed E-state index contributed by atoms with van der Waals surface area (Å²) in [5.41, 5.74) is 2.54. The third kappa shape index (κ3) is 5.26. The number of esters is 1. The summed E-state index contributed by atoms with van der Waals surface area (Å²) in [5, 5.41) is 0. The van der Waals surface area contributed by atoms with Crippen LogP contribution in [0.15, 0.2) is 35.2 Å². The molecule has 0 amide bonds. The second-order valence-electron chi connectivity index (χ2n) is 9.02. The molecule has 0 N–H and O–H groups in total. The van der Waals surface area contributed by atoms with E-state index in [4.69, 9.17) is 9.47 Å². The van der Waals surface area contributed by atoms with E-state index in [1.807, 2.05) is 19.9 Å². The largest absolute Gasteiger partial charge is 0.454 e. The number of Topliss-reactive ketones (excluding diaryl/α,β-unsaturated/α-hetero) is 1. The van der Waals surface area contributed by atoms with Gasteiger partial charge in [0.15, 0.2) is 6.61 Å². The Morgan fingerprint density at radius 3 is 2.41 bits per heavy atom. The van der Waals surface area contributed by atoms with Gasteiger partial charge in [0, 0.05) is 43.2 Å². The summed E-state index contributed by atoms with van der Waals surface area (Å²) in [4.78, 5) is 25.4. The number of carbonyl (C=O) groups excluding carboxylic acids is 2. The van der Waals surface area contributed by atoms with E-state index in [2.05, 4.69) is 4.57 Å². The van der Waals surface area contributed by atoms with Crippen molar-refractivity contribution in [3.8, 4) is 0 Å². The number of sulfonamides is 1. The molecule has 2 aliphatic heterocycles. The number of carbonyl (C=O) groups is 2. The number of hydrogen-bond acceptors (Lipinski definition) is 6. The van der Waals surface area contributed by atoms with Gasteiger partial charge in [-0.25, -0.2) is 13.2 Å². The lowest BCUT2D eigenvalue weighted by Gasteiger charge is -2.25. The molecule has 0 spiro atoms. The van der Waals surface area contributed by atoms with E-state index in [1.165, 1.54) is 28.6 Å². The molecule has 2 fully saturated rings. The van der Waals surface area contributed by atoms with E-state index in [1.54, 1.807) is 0 Å². The minimum absolute atomic E-state index is 0.153. The van der Waals surface area contributed by atoms with E-state index < -0.39 is 16.0 Å². The lowest BCUT2D eigenvalue weighted by molar-refractivity contribution is 0.0474. The highest BCUT2D eigenvalue weighted by Crippen LogP contribution is 2.22. The number of ketones is 1. The molecule has 0 bridgehead atoms. The maximum absolute atomic E-state index is 12.8. The lowest BCUT2D eigenvalue weighted by atomic mass is 10.1. The van der Waals surface area contributed by atoms with Gasteiger partial charge < -0.3 is 14.0 Å². The predicted molar refractivity (Wildman–Crippen MR) is 127 cm³/mol. The molecule has 34 heavy (non-hydrogen) atoms. The zero-order valence-corrected chi connectivity index (χ0v) is 20.6. The van der Waals surface area contributed by atoms with Gasteiger partial charge in [0.25, 0.3) is 0 Å². The molecule has 0 unspecified atom stereocenters. The molecule has 1 aromatic heterocycles. The van der Waals surface area contributed by atoms with Crippen LogP contribution in [0, 0.1) is 13.8 Å². The van der Waals surface area contributed by atoms with Crippen LogP contribution in [0.25, 0.3) is 0 Å². The number of nitrogens with zero attached hydrogens (tertiary/aromatic N) is 2. The number of ether oxygens (including phenoxy) is 2. The Morgan fingerprint density at radius 1 is 1.06 bits per heavy atom. The van der Waals surface area contributed by atoms with E-state index in [9.17, 15) is 18.0 Å². The Bertz CT molecular complexity index is 1140. The van der Waals surface area contributed by atoms with Crippen molar-refractivity contribution in [2.45, 2.75) is 63.5 Å². The lowest BCUT2D eigenvalue weighted by Crippen LogP contribution is -2.35. The average Bonchev–Trinajstić information content (AvgIpc) is 3.47. The van der Waals surface area contributed by atoms with Crippen LogP contribution in [0.5, 0.6) is 0 Å². The Labute approximate surface area is 200 Å². The Hall–Kier alpha value is -2.49. The Kier molecular flexibility index (Phi) is 7.54. The standard InChI is InChI=1S/C25H32N2O6S/c1-18-15-23(19(2)27(18)16-21-7-6-14-32-21)24(28)17-33-25(29)20-8-10-22(11-9-20)34(30,31)26-12-4-3-5-13-26/h8-11,15,21H,3-7,12-14,16-17H2,1-2H3/t21-/m0/s1. The van der Waals surface area contributed by atoms with E-state index in [0.29, 0.717) is 25.2 Å². The van der Waals surface area contributed by atoms with Crippen LogP contribution in [-0.4, -0.2) is 61.4 Å². The van der Waals surface area contributed by atoms with Crippen molar-refractivity contribution in [1.29, 1.82) is 0 Å². The Morgan fingerprint density at radius 2 is 1.76 bits per heavy atom. The fourth-order valence-electron chi connectivity index (χ4n) is 4.67. The summed E-state index contributed by atoms with van der Waals surface area (Å²) in [6, 6.07) is 7.51. The van der Waals surface area contributed by atoms with E-state index >= 15 is 0 Å². The van der Waals surface area contributed by atoms with Gasteiger partial charge in [-0.05, 0) is 69.9 Å². The summed E-state index contributed by atoms with van der Waals surface area (Å²) in [6.07, 6.45) is 4.97. The van der Waals surface area contributed by atoms with Crippen molar-refractivity contribution < 1.29 is 27.5 Å². The minimum atomic E-state index is -3.57. The monoisotopic (exact) mass is 488 g/mol. The van der Waals surface area contributed by atoms with Crippen LogP contribution in [0.2, 0.25) is 0 Å². The van der Waals surface area contributed by atoms with Crippen molar-refractivity contribution in [2.75, 3.05) is 26.3 Å². The van der Waals surface area contributed by atoms with Crippen LogP contribution >= 0.6 is 0 Å². The molecule has 9 heteroatoms. The minimum Gasteiger partial charge on any atom is -0.454 e. The first kappa shape index (κ1) is 24.6. The van der Waals surface area contributed by atoms with Crippen molar-refractivity contribution in [1.82, 2.24) is 8.87 Å². The second-order valence-corrected chi connectivity index (χ2v) is 11.0. The van der Waals surface area contributed by atoms with Crippen LogP contribution in [0.1, 0.15) is 64.2 Å². The van der Waals surface area contributed by atoms with E-state index in [-0.39, 0.29) is 29.0 Å². The summed E-state index contributed by atoms with van der Waals surface area (Å²) in [7, 11) is -3.57. The molecular formula is C25H32N2O6S. The van der Waals surface area contributed by atoms with Gasteiger partial charge in [0.1, 0.15) is 0 Å². The molecule has 2 aromatic rings. The highest BCUT2D eigenvalue weighted by molar-refractivity contribution is 7.89. The van der Waals surface area contributed by atoms with Crippen molar-refractivity contribution in [3.05, 3.63) is 52.8 Å². The molecule has 8 nitrogen and oxygen atoms in total. The van der Waals surface area contributed by atoms with Crippen molar-refractivity contribution >= 4 is 21.8 Å². The van der Waals surface area contributed by atoms with Gasteiger partial charge in [-0.15, -0.1) is 0 Å². The van der Waals surface area contributed by atoms with Crippen LogP contribution < -0.4 is 0 Å². The van der Waals surface area contributed by atoms with Gasteiger partial charge in [-0.3, -0.25) is 4.79 Å². The fourth-order valence-corrected chi connectivity index (χ4v) is 6.18. The molecule has 3 heterocycles. The summed E-state index contributed by atoms with van der Waals surface area (Å²) < 4.78 is 40.0. The summed E-state index contributed by atoms with van der Waals surface area (Å²) in [6.45, 7) is 5.97. The molecule has 2 saturated heterocycles.